The maximum absolute atomic E-state index is 12.7. The van der Waals surface area contributed by atoms with Gasteiger partial charge in [0, 0.05) is 19.6 Å². The lowest BCUT2D eigenvalue weighted by Crippen LogP contribution is -2.31. The van der Waals surface area contributed by atoms with Crippen molar-refractivity contribution in [1.82, 2.24) is 24.4 Å². The summed E-state index contributed by atoms with van der Waals surface area (Å²) in [5.74, 6) is 0. The summed E-state index contributed by atoms with van der Waals surface area (Å²) in [6, 6.07) is 0. The van der Waals surface area contributed by atoms with Crippen molar-refractivity contribution in [1.29, 1.82) is 0 Å². The van der Waals surface area contributed by atoms with Crippen LogP contribution in [0.4, 0.5) is 0 Å². The molecule has 0 aliphatic carbocycles. The minimum absolute atomic E-state index is 0.243. The molecule has 2 heterocycles. The fraction of sp³-hybridized carbons (Fsp3) is 0.688. The number of aromatic nitrogens is 4. The topological polar surface area (TPSA) is 99.4 Å². The fourth-order valence-corrected chi connectivity index (χ4v) is 5.89. The highest BCUT2D eigenvalue weighted by molar-refractivity contribution is 7.62. The van der Waals surface area contributed by atoms with E-state index < -0.39 is 14.7 Å². The second-order valence-corrected chi connectivity index (χ2v) is 12.8. The number of rotatable bonds is 12. The molecule has 2 aromatic heterocycles. The van der Waals surface area contributed by atoms with Crippen LogP contribution in [0.15, 0.2) is 12.7 Å². The lowest BCUT2D eigenvalue weighted by atomic mass is 10.5. The van der Waals surface area contributed by atoms with Gasteiger partial charge in [0.1, 0.15) is 11.8 Å². The third-order valence-electron chi connectivity index (χ3n) is 3.90. The maximum Gasteiger partial charge on any atom is 0.331 e. The Balaban J connectivity index is 2.09. The Kier molecular flexibility index (Phi) is 8.61. The van der Waals surface area contributed by atoms with Crippen molar-refractivity contribution in [3.8, 4) is 0 Å². The molecule has 0 aliphatic rings. The van der Waals surface area contributed by atoms with Gasteiger partial charge in [0.05, 0.1) is 39.1 Å². The molecule has 0 fully saturated rings. The molecule has 9 nitrogen and oxygen atoms in total. The predicted octanol–water partition coefficient (Wildman–Crippen LogP) is 3.63. The standard InChI is InChI=1S/C16H28ClN5O4P2/c1-5-25-28(24,26-6-2)10-9-21(13-27(3,4)23)7-8-22-12-20-14-15(17)18-11-19-16(14)22/h11-12H,5-10,13H2,1-4H3. The largest absolute Gasteiger partial charge is 0.331 e. The zero-order chi connectivity index (χ0) is 20.8. The van der Waals surface area contributed by atoms with Crippen molar-refractivity contribution >= 4 is 37.5 Å². The van der Waals surface area contributed by atoms with Crippen LogP contribution >= 0.6 is 26.3 Å². The highest BCUT2D eigenvalue weighted by atomic mass is 35.5. The van der Waals surface area contributed by atoms with Crippen LogP contribution in [0.5, 0.6) is 0 Å². The fourth-order valence-electron chi connectivity index (χ4n) is 2.82. The Morgan fingerprint density at radius 1 is 1.11 bits per heavy atom. The van der Waals surface area contributed by atoms with E-state index in [1.807, 2.05) is 9.47 Å². The lowest BCUT2D eigenvalue weighted by Gasteiger charge is -2.26. The molecule has 0 amide bonds. The number of halogens is 1. The molecule has 0 bridgehead atoms. The average Bonchev–Trinajstić information content (AvgIpc) is 3.01. The molecule has 0 aliphatic heterocycles. The van der Waals surface area contributed by atoms with Crippen LogP contribution in [0.25, 0.3) is 11.2 Å². The molecule has 0 atom stereocenters. The Hall–Kier alpha value is -0.820. The van der Waals surface area contributed by atoms with Gasteiger partial charge >= 0.3 is 7.60 Å². The van der Waals surface area contributed by atoms with Crippen molar-refractivity contribution in [2.45, 2.75) is 20.4 Å². The van der Waals surface area contributed by atoms with Gasteiger partial charge in [0.25, 0.3) is 0 Å². The van der Waals surface area contributed by atoms with Gasteiger partial charge in [-0.1, -0.05) is 11.6 Å². The Bertz CT molecular complexity index is 862. The smallest absolute Gasteiger partial charge is 0.323 e. The zero-order valence-electron chi connectivity index (χ0n) is 16.7. The van der Waals surface area contributed by atoms with Crippen LogP contribution in [0.1, 0.15) is 13.8 Å². The molecular weight excluding hydrogens is 424 g/mol. The summed E-state index contributed by atoms with van der Waals surface area (Å²) in [4.78, 5) is 14.4. The minimum Gasteiger partial charge on any atom is -0.323 e. The van der Waals surface area contributed by atoms with Crippen LogP contribution < -0.4 is 0 Å². The van der Waals surface area contributed by atoms with Gasteiger partial charge in [-0.25, -0.2) is 15.0 Å². The van der Waals surface area contributed by atoms with Crippen LogP contribution in [0.2, 0.25) is 5.15 Å². The van der Waals surface area contributed by atoms with E-state index in [9.17, 15) is 9.13 Å². The highest BCUT2D eigenvalue weighted by Crippen LogP contribution is 2.48. The first kappa shape index (κ1) is 23.5. The first-order valence-electron chi connectivity index (χ1n) is 9.13. The number of fused-ring (bicyclic) bond motifs is 1. The molecule has 0 unspecified atom stereocenters. The van der Waals surface area contributed by atoms with Gasteiger partial charge in [0.15, 0.2) is 10.8 Å². The molecule has 158 valence electrons. The van der Waals surface area contributed by atoms with Crippen molar-refractivity contribution in [3.05, 3.63) is 17.8 Å². The van der Waals surface area contributed by atoms with E-state index in [-0.39, 0.29) is 6.16 Å². The molecule has 0 saturated carbocycles. The normalized spacial score (nSPS) is 12.9. The summed E-state index contributed by atoms with van der Waals surface area (Å²) in [6.45, 7) is 9.28. The highest BCUT2D eigenvalue weighted by Gasteiger charge is 2.26. The summed E-state index contributed by atoms with van der Waals surface area (Å²) in [5.41, 5.74) is 1.19. The van der Waals surface area contributed by atoms with E-state index in [4.69, 9.17) is 20.6 Å². The number of nitrogens with zero attached hydrogens (tertiary/aromatic N) is 5. The molecule has 0 spiro atoms. The summed E-state index contributed by atoms with van der Waals surface area (Å²) < 4.78 is 37.7. The first-order valence-corrected chi connectivity index (χ1v) is 14.0. The van der Waals surface area contributed by atoms with Crippen LogP contribution in [0, 0.1) is 0 Å². The average molecular weight is 452 g/mol. The first-order chi connectivity index (χ1) is 13.2. The van der Waals surface area contributed by atoms with Gasteiger partial charge in [-0.15, -0.1) is 0 Å². The van der Waals surface area contributed by atoms with Gasteiger partial charge in [-0.3, -0.25) is 9.46 Å². The molecule has 2 rings (SSSR count). The van der Waals surface area contributed by atoms with Crippen LogP contribution in [-0.2, 0) is 24.7 Å². The zero-order valence-corrected chi connectivity index (χ0v) is 19.3. The molecule has 0 aromatic carbocycles. The molecule has 0 saturated heterocycles. The summed E-state index contributed by atoms with van der Waals surface area (Å²) in [7, 11) is -5.47. The van der Waals surface area contributed by atoms with E-state index in [1.165, 1.54) is 6.33 Å². The quantitative estimate of drug-likeness (QED) is 0.356. The van der Waals surface area contributed by atoms with Crippen molar-refractivity contribution < 1.29 is 18.2 Å². The number of hydrogen-bond donors (Lipinski definition) is 0. The summed E-state index contributed by atoms with van der Waals surface area (Å²) >= 11 is 6.05. The van der Waals surface area contributed by atoms with E-state index in [0.29, 0.717) is 55.5 Å². The maximum atomic E-state index is 12.7. The lowest BCUT2D eigenvalue weighted by molar-refractivity contribution is 0.214. The van der Waals surface area contributed by atoms with Gasteiger partial charge in [-0.05, 0) is 27.2 Å². The van der Waals surface area contributed by atoms with Crippen LogP contribution in [-0.4, -0.2) is 76.5 Å². The Morgan fingerprint density at radius 2 is 1.79 bits per heavy atom. The van der Waals surface area contributed by atoms with Crippen molar-refractivity contribution in [3.63, 3.8) is 0 Å². The summed E-state index contributed by atoms with van der Waals surface area (Å²) in [5, 5.41) is 0.307. The molecule has 0 N–H and O–H groups in total. The third kappa shape index (κ3) is 6.90. The van der Waals surface area contributed by atoms with E-state index in [0.717, 1.165) is 0 Å². The van der Waals surface area contributed by atoms with Crippen molar-refractivity contribution in [2.75, 3.05) is 52.1 Å². The Labute approximate surface area is 170 Å². The third-order valence-corrected chi connectivity index (χ3v) is 7.30. The molecule has 0 radical (unpaired) electrons. The second-order valence-electron chi connectivity index (χ2n) is 6.78. The van der Waals surface area contributed by atoms with Gasteiger partial charge < -0.3 is 18.2 Å². The van der Waals surface area contributed by atoms with Gasteiger partial charge in [0.2, 0.25) is 0 Å². The van der Waals surface area contributed by atoms with E-state index >= 15 is 0 Å². The monoisotopic (exact) mass is 451 g/mol. The summed E-state index contributed by atoms with van der Waals surface area (Å²) in [6.07, 6.45) is 3.71. The minimum atomic E-state index is -3.16. The van der Waals surface area contributed by atoms with E-state index in [2.05, 4.69) is 15.0 Å². The van der Waals surface area contributed by atoms with Gasteiger partial charge in [-0.2, -0.15) is 0 Å². The number of hydrogen-bond acceptors (Lipinski definition) is 8. The van der Waals surface area contributed by atoms with Crippen molar-refractivity contribution in [2.24, 2.45) is 0 Å². The Morgan fingerprint density at radius 3 is 2.39 bits per heavy atom. The molecule has 2 aromatic rings. The molecule has 12 heteroatoms. The van der Waals surface area contributed by atoms with Crippen LogP contribution in [0.3, 0.4) is 0 Å². The molecule has 28 heavy (non-hydrogen) atoms. The number of imidazole rings is 1. The SMILES string of the molecule is CCOP(=O)(CCN(CCn1cnc2c(Cl)ncnc21)CP(C)(C)=O)OCC. The predicted molar refractivity (Wildman–Crippen MR) is 112 cm³/mol. The molecular formula is C16H28ClN5O4P2. The second kappa shape index (κ2) is 10.3. The van der Waals surface area contributed by atoms with E-state index in [1.54, 1.807) is 33.5 Å².